The summed E-state index contributed by atoms with van der Waals surface area (Å²) in [5.41, 5.74) is 0. The molecule has 0 radical (unpaired) electrons. The number of alkyl halides is 1. The molecule has 0 aromatic carbocycles. The van der Waals surface area contributed by atoms with Gasteiger partial charge in [0, 0.05) is 18.9 Å². The summed E-state index contributed by atoms with van der Waals surface area (Å²) in [6, 6.07) is -0.106. The average molecular weight is 199 g/mol. The summed E-state index contributed by atoms with van der Waals surface area (Å²) < 4.78 is 18.3. The number of nitrogens with zero attached hydrogens (tertiary/aromatic N) is 2. The number of nitrogens with one attached hydrogen (secondary N) is 1. The molecule has 1 aromatic rings. The molecule has 0 spiro atoms. The highest BCUT2D eigenvalue weighted by atomic mass is 19.1. The number of halogens is 1. The molecule has 0 saturated carbocycles. The van der Waals surface area contributed by atoms with Gasteiger partial charge in [-0.05, 0) is 0 Å². The average Bonchev–Trinajstić information content (AvgIpc) is 2.70. The highest BCUT2D eigenvalue weighted by Gasteiger charge is 2.29. The molecule has 1 saturated heterocycles. The molecule has 1 aliphatic rings. The van der Waals surface area contributed by atoms with Gasteiger partial charge in [0.15, 0.2) is 0 Å². The Hall–Kier alpha value is -0.970. The molecule has 78 valence electrons. The maximum atomic E-state index is 12.9. The second-order valence-corrected chi connectivity index (χ2v) is 3.93. The molecule has 0 bridgehead atoms. The normalized spacial score (nSPS) is 27.4. The highest BCUT2D eigenvalue weighted by Crippen LogP contribution is 2.25. The molecular formula is C9H14FN3O. The number of rotatable bonds is 2. The molecule has 1 fully saturated rings. The van der Waals surface area contributed by atoms with Gasteiger partial charge in [-0.15, -0.1) is 10.2 Å². The molecule has 2 rings (SSSR count). The van der Waals surface area contributed by atoms with Gasteiger partial charge in [0.1, 0.15) is 6.17 Å². The van der Waals surface area contributed by atoms with Crippen LogP contribution in [-0.2, 0) is 0 Å². The maximum Gasteiger partial charge on any atom is 0.233 e. The Morgan fingerprint density at radius 2 is 2.29 bits per heavy atom. The smallest absolute Gasteiger partial charge is 0.233 e. The quantitative estimate of drug-likeness (QED) is 0.785. The van der Waals surface area contributed by atoms with Gasteiger partial charge in [-0.2, -0.15) is 0 Å². The van der Waals surface area contributed by atoms with Crippen molar-refractivity contribution in [3.8, 4) is 0 Å². The van der Waals surface area contributed by atoms with E-state index in [1.54, 1.807) is 0 Å². The summed E-state index contributed by atoms with van der Waals surface area (Å²) in [5, 5.41) is 10.8. The third-order valence-corrected chi connectivity index (χ3v) is 2.33. The molecular weight excluding hydrogens is 185 g/mol. The van der Waals surface area contributed by atoms with Crippen LogP contribution in [0, 0.1) is 0 Å². The summed E-state index contributed by atoms with van der Waals surface area (Å²) >= 11 is 0. The first kappa shape index (κ1) is 9.58. The lowest BCUT2D eigenvalue weighted by Crippen LogP contribution is -2.14. The van der Waals surface area contributed by atoms with Crippen LogP contribution in [0.5, 0.6) is 0 Å². The Labute approximate surface area is 81.9 Å². The first-order valence-corrected chi connectivity index (χ1v) is 4.87. The van der Waals surface area contributed by atoms with E-state index in [1.807, 2.05) is 13.8 Å². The molecule has 4 nitrogen and oxygen atoms in total. The molecule has 0 aliphatic carbocycles. The van der Waals surface area contributed by atoms with Crippen LogP contribution < -0.4 is 5.32 Å². The number of hydrogen-bond acceptors (Lipinski definition) is 4. The predicted molar refractivity (Wildman–Crippen MR) is 48.6 cm³/mol. The van der Waals surface area contributed by atoms with Crippen LogP contribution in [0.15, 0.2) is 4.42 Å². The zero-order valence-corrected chi connectivity index (χ0v) is 8.33. The van der Waals surface area contributed by atoms with Crippen LogP contribution in [-0.4, -0.2) is 22.9 Å². The topological polar surface area (TPSA) is 51.0 Å². The summed E-state index contributed by atoms with van der Waals surface area (Å²) in [6.45, 7) is 4.35. The summed E-state index contributed by atoms with van der Waals surface area (Å²) in [7, 11) is 0. The molecule has 2 atom stereocenters. The van der Waals surface area contributed by atoms with Crippen LogP contribution in [0.1, 0.15) is 44.0 Å². The first-order valence-electron chi connectivity index (χ1n) is 4.87. The van der Waals surface area contributed by atoms with E-state index in [9.17, 15) is 4.39 Å². The third kappa shape index (κ3) is 1.77. The van der Waals surface area contributed by atoms with Crippen LogP contribution in [0.3, 0.4) is 0 Å². The summed E-state index contributed by atoms with van der Waals surface area (Å²) in [6.07, 6.45) is -0.367. The molecule has 1 aliphatic heterocycles. The number of hydrogen-bond donors (Lipinski definition) is 1. The molecule has 0 amide bonds. The van der Waals surface area contributed by atoms with Crippen molar-refractivity contribution in [1.29, 1.82) is 0 Å². The Kier molecular flexibility index (Phi) is 2.50. The van der Waals surface area contributed by atoms with Gasteiger partial charge in [-0.1, -0.05) is 13.8 Å². The predicted octanol–water partition coefficient (Wildman–Crippen LogP) is 1.57. The molecule has 5 heteroatoms. The lowest BCUT2D eigenvalue weighted by Gasteiger charge is -2.02. The molecule has 1 N–H and O–H groups in total. The van der Waals surface area contributed by atoms with Gasteiger partial charge < -0.3 is 9.73 Å². The van der Waals surface area contributed by atoms with E-state index in [0.29, 0.717) is 24.7 Å². The van der Waals surface area contributed by atoms with Crippen LogP contribution in [0.4, 0.5) is 4.39 Å². The van der Waals surface area contributed by atoms with Crippen LogP contribution in [0.2, 0.25) is 0 Å². The van der Waals surface area contributed by atoms with E-state index in [0.717, 1.165) is 0 Å². The lowest BCUT2D eigenvalue weighted by atomic mass is 10.2. The van der Waals surface area contributed by atoms with Crippen molar-refractivity contribution in [1.82, 2.24) is 15.5 Å². The standard InChI is InChI=1S/C9H14FN3O/c1-5(2)8-12-13-9(14-8)7-3-6(10)4-11-7/h5-7,11H,3-4H2,1-2H3. The SMILES string of the molecule is CC(C)c1nnc(C2CC(F)CN2)o1. The van der Waals surface area contributed by atoms with E-state index < -0.39 is 6.17 Å². The minimum Gasteiger partial charge on any atom is -0.423 e. The second-order valence-electron chi connectivity index (χ2n) is 3.93. The van der Waals surface area contributed by atoms with Crippen LogP contribution >= 0.6 is 0 Å². The van der Waals surface area contributed by atoms with Gasteiger partial charge in [0.25, 0.3) is 0 Å². The Bertz CT molecular complexity index is 313. The second kappa shape index (κ2) is 3.65. The fourth-order valence-corrected chi connectivity index (χ4v) is 1.50. The molecule has 1 aromatic heterocycles. The van der Waals surface area contributed by atoms with Gasteiger partial charge in [0.05, 0.1) is 6.04 Å². The monoisotopic (exact) mass is 199 g/mol. The van der Waals surface area contributed by atoms with Crippen molar-refractivity contribution in [2.75, 3.05) is 6.54 Å². The minimum absolute atomic E-state index is 0.106. The van der Waals surface area contributed by atoms with Gasteiger partial charge in [-0.25, -0.2) is 4.39 Å². The van der Waals surface area contributed by atoms with Crippen molar-refractivity contribution in [3.63, 3.8) is 0 Å². The lowest BCUT2D eigenvalue weighted by molar-refractivity contribution is 0.342. The molecule has 2 heterocycles. The van der Waals surface area contributed by atoms with Crippen molar-refractivity contribution in [2.45, 2.75) is 38.4 Å². The first-order chi connectivity index (χ1) is 6.66. The van der Waals surface area contributed by atoms with E-state index in [2.05, 4.69) is 15.5 Å². The highest BCUT2D eigenvalue weighted by molar-refractivity contribution is 4.97. The van der Waals surface area contributed by atoms with E-state index in [1.165, 1.54) is 0 Å². The number of aromatic nitrogens is 2. The fraction of sp³-hybridized carbons (Fsp3) is 0.778. The summed E-state index contributed by atoms with van der Waals surface area (Å²) in [4.78, 5) is 0. The zero-order valence-electron chi connectivity index (χ0n) is 8.33. The molecule has 2 unspecified atom stereocenters. The van der Waals surface area contributed by atoms with Crippen molar-refractivity contribution >= 4 is 0 Å². The van der Waals surface area contributed by atoms with Crippen molar-refractivity contribution in [3.05, 3.63) is 11.8 Å². The van der Waals surface area contributed by atoms with Crippen molar-refractivity contribution in [2.24, 2.45) is 0 Å². The van der Waals surface area contributed by atoms with Gasteiger partial charge in [-0.3, -0.25) is 0 Å². The third-order valence-electron chi connectivity index (χ3n) is 2.33. The molecule has 14 heavy (non-hydrogen) atoms. The zero-order chi connectivity index (χ0) is 10.1. The largest absolute Gasteiger partial charge is 0.423 e. The van der Waals surface area contributed by atoms with Crippen molar-refractivity contribution < 1.29 is 8.81 Å². The Morgan fingerprint density at radius 1 is 1.50 bits per heavy atom. The van der Waals surface area contributed by atoms with Crippen LogP contribution in [0.25, 0.3) is 0 Å². The van der Waals surface area contributed by atoms with Gasteiger partial charge >= 0.3 is 0 Å². The van der Waals surface area contributed by atoms with E-state index in [-0.39, 0.29) is 12.0 Å². The minimum atomic E-state index is -0.797. The maximum absolute atomic E-state index is 12.9. The Morgan fingerprint density at radius 3 is 2.79 bits per heavy atom. The Balaban J connectivity index is 2.09. The summed E-state index contributed by atoms with van der Waals surface area (Å²) in [5.74, 6) is 1.34. The van der Waals surface area contributed by atoms with E-state index in [4.69, 9.17) is 4.42 Å². The van der Waals surface area contributed by atoms with Gasteiger partial charge in [0.2, 0.25) is 11.8 Å². The fourth-order valence-electron chi connectivity index (χ4n) is 1.50. The van der Waals surface area contributed by atoms with E-state index >= 15 is 0 Å².